The minimum Gasteiger partial charge on any atom is -0.380 e. The van der Waals surface area contributed by atoms with Crippen molar-refractivity contribution in [3.05, 3.63) is 10.6 Å². The number of hydrogen-bond acceptors (Lipinski definition) is 5. The zero-order valence-corrected chi connectivity index (χ0v) is 11.7. The first-order valence-electron chi connectivity index (χ1n) is 5.84. The summed E-state index contributed by atoms with van der Waals surface area (Å²) >= 11 is 1.45. The topological polar surface area (TPSA) is 42.4 Å². The summed E-state index contributed by atoms with van der Waals surface area (Å²) in [4.78, 5) is 18.2. The van der Waals surface area contributed by atoms with Crippen LogP contribution < -0.4 is 4.90 Å². The van der Waals surface area contributed by atoms with Gasteiger partial charge in [0.1, 0.15) is 0 Å². The van der Waals surface area contributed by atoms with Crippen LogP contribution in [0.4, 0.5) is 5.13 Å². The molecule has 0 amide bonds. The van der Waals surface area contributed by atoms with Crippen LogP contribution in [0.3, 0.4) is 0 Å². The molecule has 5 heteroatoms. The van der Waals surface area contributed by atoms with E-state index in [-0.39, 0.29) is 5.92 Å². The Balaban J connectivity index is 2.73. The molecule has 0 aliphatic rings. The Hall–Kier alpha value is -0.940. The van der Waals surface area contributed by atoms with Crippen LogP contribution in [-0.2, 0) is 4.74 Å². The summed E-state index contributed by atoms with van der Waals surface area (Å²) in [5.74, 6) is 0.278. The minimum absolute atomic E-state index is 0.278. The van der Waals surface area contributed by atoms with Crippen LogP contribution in [0.1, 0.15) is 42.1 Å². The SMILES string of the molecule is CCOCCN(C)c1nc(C(C)C)c(C=O)s1. The molecular formula is C12H20N2O2S. The van der Waals surface area contributed by atoms with E-state index in [0.717, 1.165) is 35.1 Å². The number of hydrogen-bond donors (Lipinski definition) is 0. The summed E-state index contributed by atoms with van der Waals surface area (Å²) in [5.41, 5.74) is 0.892. The third-order valence-corrected chi connectivity index (χ3v) is 3.54. The zero-order valence-electron chi connectivity index (χ0n) is 10.9. The van der Waals surface area contributed by atoms with Gasteiger partial charge in [0.2, 0.25) is 0 Å². The number of ether oxygens (including phenoxy) is 1. The minimum atomic E-state index is 0.278. The predicted octanol–water partition coefficient (Wildman–Crippen LogP) is 2.55. The second kappa shape index (κ2) is 6.71. The van der Waals surface area contributed by atoms with Crippen LogP contribution >= 0.6 is 11.3 Å². The molecule has 0 N–H and O–H groups in total. The first kappa shape index (κ1) is 14.1. The maximum atomic E-state index is 11.0. The average molecular weight is 256 g/mol. The molecule has 1 aromatic rings. The van der Waals surface area contributed by atoms with Crippen molar-refractivity contribution in [3.8, 4) is 0 Å². The van der Waals surface area contributed by atoms with E-state index >= 15 is 0 Å². The van der Waals surface area contributed by atoms with Gasteiger partial charge in [-0.2, -0.15) is 0 Å². The van der Waals surface area contributed by atoms with Gasteiger partial charge in [0.15, 0.2) is 11.4 Å². The second-order valence-corrected chi connectivity index (χ2v) is 5.15. The van der Waals surface area contributed by atoms with E-state index in [1.165, 1.54) is 11.3 Å². The molecule has 0 saturated carbocycles. The summed E-state index contributed by atoms with van der Waals surface area (Å²) in [7, 11) is 1.97. The second-order valence-electron chi connectivity index (χ2n) is 4.14. The van der Waals surface area contributed by atoms with Gasteiger partial charge in [-0.25, -0.2) is 4.98 Å². The number of likely N-dealkylation sites (N-methyl/N-ethyl adjacent to an activating group) is 1. The third-order valence-electron chi connectivity index (χ3n) is 2.43. The molecule has 0 spiro atoms. The maximum Gasteiger partial charge on any atom is 0.186 e. The molecule has 0 aliphatic carbocycles. The van der Waals surface area contributed by atoms with Crippen molar-refractivity contribution in [2.75, 3.05) is 31.7 Å². The highest BCUT2D eigenvalue weighted by Crippen LogP contribution is 2.28. The zero-order chi connectivity index (χ0) is 12.8. The summed E-state index contributed by atoms with van der Waals surface area (Å²) in [5, 5.41) is 0.885. The fraction of sp³-hybridized carbons (Fsp3) is 0.667. The number of nitrogens with zero attached hydrogens (tertiary/aromatic N) is 2. The molecule has 0 saturated heterocycles. The van der Waals surface area contributed by atoms with Gasteiger partial charge in [-0.1, -0.05) is 25.2 Å². The van der Waals surface area contributed by atoms with Gasteiger partial charge in [-0.3, -0.25) is 4.79 Å². The standard InChI is InChI=1S/C12H20N2O2S/c1-5-16-7-6-14(4)12-13-11(9(2)3)10(8-15)17-12/h8-9H,5-7H2,1-4H3. The van der Waals surface area contributed by atoms with Crippen LogP contribution in [0.5, 0.6) is 0 Å². The molecule has 96 valence electrons. The summed E-state index contributed by atoms with van der Waals surface area (Å²) in [6, 6.07) is 0. The number of thiazole rings is 1. The average Bonchev–Trinajstić information content (AvgIpc) is 2.73. The van der Waals surface area contributed by atoms with Crippen molar-refractivity contribution in [1.82, 2.24) is 4.98 Å². The molecule has 0 aliphatic heterocycles. The van der Waals surface area contributed by atoms with Gasteiger partial charge in [-0.05, 0) is 12.8 Å². The Kier molecular flexibility index (Phi) is 5.58. The Labute approximate surface area is 107 Å². The lowest BCUT2D eigenvalue weighted by atomic mass is 10.1. The van der Waals surface area contributed by atoms with Crippen molar-refractivity contribution in [2.24, 2.45) is 0 Å². The molecule has 1 heterocycles. The van der Waals surface area contributed by atoms with Gasteiger partial charge < -0.3 is 9.64 Å². The predicted molar refractivity (Wildman–Crippen MR) is 71.4 cm³/mol. The highest BCUT2D eigenvalue weighted by Gasteiger charge is 2.15. The molecule has 1 aromatic heterocycles. The Morgan fingerprint density at radius 2 is 2.24 bits per heavy atom. The molecule has 1 rings (SSSR count). The quantitative estimate of drug-likeness (QED) is 0.555. The first-order chi connectivity index (χ1) is 8.10. The van der Waals surface area contributed by atoms with Crippen molar-refractivity contribution >= 4 is 22.8 Å². The smallest absolute Gasteiger partial charge is 0.186 e. The van der Waals surface area contributed by atoms with Crippen LogP contribution in [0.2, 0.25) is 0 Å². The molecule has 0 unspecified atom stereocenters. The summed E-state index contributed by atoms with van der Waals surface area (Å²) in [6.45, 7) is 8.27. The Bertz CT molecular complexity index is 363. The lowest BCUT2D eigenvalue weighted by Crippen LogP contribution is -2.22. The molecule has 4 nitrogen and oxygen atoms in total. The van der Waals surface area contributed by atoms with Crippen LogP contribution in [0.15, 0.2) is 0 Å². The highest BCUT2D eigenvalue weighted by atomic mass is 32.1. The largest absolute Gasteiger partial charge is 0.380 e. The van der Waals surface area contributed by atoms with Gasteiger partial charge in [-0.15, -0.1) is 0 Å². The lowest BCUT2D eigenvalue weighted by Gasteiger charge is -2.15. The fourth-order valence-corrected chi connectivity index (χ4v) is 2.46. The molecule has 17 heavy (non-hydrogen) atoms. The number of aromatic nitrogens is 1. The van der Waals surface area contributed by atoms with Gasteiger partial charge in [0.25, 0.3) is 0 Å². The van der Waals surface area contributed by atoms with Crippen molar-refractivity contribution < 1.29 is 9.53 Å². The maximum absolute atomic E-state index is 11.0. The third kappa shape index (κ3) is 3.78. The monoisotopic (exact) mass is 256 g/mol. The number of carbonyl (C=O) groups is 1. The van der Waals surface area contributed by atoms with E-state index in [4.69, 9.17) is 4.74 Å². The number of rotatable bonds is 7. The van der Waals surface area contributed by atoms with Crippen molar-refractivity contribution in [2.45, 2.75) is 26.7 Å². The van der Waals surface area contributed by atoms with Gasteiger partial charge in [0.05, 0.1) is 17.2 Å². The molecule has 0 fully saturated rings. The fourth-order valence-electron chi connectivity index (χ4n) is 1.43. The molecule has 0 atom stereocenters. The van der Waals surface area contributed by atoms with Crippen molar-refractivity contribution in [3.63, 3.8) is 0 Å². The highest BCUT2D eigenvalue weighted by molar-refractivity contribution is 7.17. The van der Waals surface area contributed by atoms with E-state index in [1.54, 1.807) is 0 Å². The van der Waals surface area contributed by atoms with E-state index in [2.05, 4.69) is 4.98 Å². The summed E-state index contributed by atoms with van der Waals surface area (Å²) < 4.78 is 5.30. The van der Waals surface area contributed by atoms with Crippen LogP contribution in [0.25, 0.3) is 0 Å². The molecule has 0 aromatic carbocycles. The summed E-state index contributed by atoms with van der Waals surface area (Å²) in [6.07, 6.45) is 0.896. The lowest BCUT2D eigenvalue weighted by molar-refractivity contribution is 0.112. The van der Waals surface area contributed by atoms with Gasteiger partial charge in [0, 0.05) is 20.2 Å². The molecular weight excluding hydrogens is 236 g/mol. The van der Waals surface area contributed by atoms with E-state index < -0.39 is 0 Å². The van der Waals surface area contributed by atoms with E-state index in [9.17, 15) is 4.79 Å². The van der Waals surface area contributed by atoms with Gasteiger partial charge >= 0.3 is 0 Å². The molecule has 0 radical (unpaired) electrons. The van der Waals surface area contributed by atoms with Crippen molar-refractivity contribution in [1.29, 1.82) is 0 Å². The Morgan fingerprint density at radius 3 is 2.71 bits per heavy atom. The van der Waals surface area contributed by atoms with Crippen LogP contribution in [0, 0.1) is 0 Å². The Morgan fingerprint density at radius 1 is 1.53 bits per heavy atom. The number of aldehydes is 1. The van der Waals surface area contributed by atoms with E-state index in [0.29, 0.717) is 6.61 Å². The molecule has 0 bridgehead atoms. The number of anilines is 1. The first-order valence-corrected chi connectivity index (χ1v) is 6.66. The normalized spacial score (nSPS) is 10.9. The van der Waals surface area contributed by atoms with Crippen LogP contribution in [-0.4, -0.2) is 38.1 Å². The number of carbonyl (C=O) groups excluding carboxylic acids is 1. The van der Waals surface area contributed by atoms with E-state index in [1.807, 2.05) is 32.7 Å².